The van der Waals surface area contributed by atoms with Gasteiger partial charge in [0.25, 0.3) is 5.91 Å². The molecule has 3 N–H and O–H groups in total. The average molecular weight is 307 g/mol. The van der Waals surface area contributed by atoms with Crippen LogP contribution in [0, 0.1) is 17.8 Å². The summed E-state index contributed by atoms with van der Waals surface area (Å²) in [6.07, 6.45) is 1.89. The maximum Gasteiger partial charge on any atom is 0.253 e. The van der Waals surface area contributed by atoms with E-state index < -0.39 is 0 Å². The molecule has 1 aliphatic heterocycles. The van der Waals surface area contributed by atoms with Crippen molar-refractivity contribution >= 4 is 17.5 Å². The van der Waals surface area contributed by atoms with Crippen molar-refractivity contribution in [3.63, 3.8) is 0 Å². The number of nitrogens with two attached hydrogens (primary N) is 1. The predicted octanol–water partition coefficient (Wildman–Crippen LogP) is 1.49. The molecule has 1 atom stereocenters. The molecular weight excluding hydrogens is 288 g/mol. The summed E-state index contributed by atoms with van der Waals surface area (Å²) in [7, 11) is 0. The van der Waals surface area contributed by atoms with Gasteiger partial charge in [0.2, 0.25) is 0 Å². The number of hydrogen-bond donors (Lipinski definition) is 2. The van der Waals surface area contributed by atoms with Crippen LogP contribution < -0.4 is 5.73 Å². The summed E-state index contributed by atoms with van der Waals surface area (Å²) < 4.78 is 0. The largest absolute Gasteiger partial charge is 0.396 e. The smallest absolute Gasteiger partial charge is 0.253 e. The van der Waals surface area contributed by atoms with Gasteiger partial charge in [0.1, 0.15) is 0 Å². The number of carbonyl (C=O) groups excluding carboxylic acids is 1. The van der Waals surface area contributed by atoms with E-state index in [4.69, 9.17) is 17.3 Å². The van der Waals surface area contributed by atoms with Gasteiger partial charge in [-0.05, 0) is 37.0 Å². The number of halogens is 1. The van der Waals surface area contributed by atoms with Crippen LogP contribution in [0.2, 0.25) is 5.02 Å². The average Bonchev–Trinajstić information content (AvgIpc) is 2.53. The molecule has 1 fully saturated rings. The number of hydrogen-bond acceptors (Lipinski definition) is 3. The number of carbonyl (C=O) groups is 1. The molecule has 1 amide bonds. The summed E-state index contributed by atoms with van der Waals surface area (Å²) in [6.45, 7) is 1.72. The van der Waals surface area contributed by atoms with Crippen molar-refractivity contribution < 1.29 is 9.90 Å². The van der Waals surface area contributed by atoms with Crippen molar-refractivity contribution in [2.75, 3.05) is 26.2 Å². The van der Waals surface area contributed by atoms with Gasteiger partial charge in [0.15, 0.2) is 0 Å². The summed E-state index contributed by atoms with van der Waals surface area (Å²) in [5, 5.41) is 9.70. The van der Waals surface area contributed by atoms with E-state index in [-0.39, 0.29) is 25.0 Å². The first-order valence-electron chi connectivity index (χ1n) is 7.04. The summed E-state index contributed by atoms with van der Waals surface area (Å²) in [6, 6.07) is 5.12. The Hall–Kier alpha value is -1.54. The maximum atomic E-state index is 12.5. The van der Waals surface area contributed by atoms with E-state index >= 15 is 0 Å². The third-order valence-corrected chi connectivity index (χ3v) is 3.92. The lowest BCUT2D eigenvalue weighted by Gasteiger charge is -2.32. The molecule has 112 valence electrons. The zero-order chi connectivity index (χ0) is 15.2. The minimum atomic E-state index is -0.0478. The summed E-state index contributed by atoms with van der Waals surface area (Å²) >= 11 is 6.15. The highest BCUT2D eigenvalue weighted by Crippen LogP contribution is 2.21. The highest BCUT2D eigenvalue weighted by atomic mass is 35.5. The molecule has 0 radical (unpaired) electrons. The highest BCUT2D eigenvalue weighted by Gasteiger charge is 2.24. The Labute approximate surface area is 129 Å². The number of rotatable bonds is 2. The number of piperidine rings is 1. The molecule has 4 nitrogen and oxygen atoms in total. The fourth-order valence-electron chi connectivity index (χ4n) is 2.48. The normalized spacial score (nSPS) is 18.0. The number of likely N-dealkylation sites (tertiary alicyclic amines) is 1. The van der Waals surface area contributed by atoms with E-state index in [2.05, 4.69) is 11.8 Å². The zero-order valence-corrected chi connectivity index (χ0v) is 12.6. The Morgan fingerprint density at radius 1 is 1.52 bits per heavy atom. The molecule has 1 unspecified atom stereocenters. The van der Waals surface area contributed by atoms with E-state index in [1.54, 1.807) is 23.1 Å². The van der Waals surface area contributed by atoms with Crippen molar-refractivity contribution in [1.82, 2.24) is 4.90 Å². The van der Waals surface area contributed by atoms with Crippen molar-refractivity contribution in [3.05, 3.63) is 34.3 Å². The molecule has 2 rings (SSSR count). The van der Waals surface area contributed by atoms with Gasteiger partial charge < -0.3 is 15.7 Å². The van der Waals surface area contributed by atoms with Crippen molar-refractivity contribution in [3.8, 4) is 11.8 Å². The first-order chi connectivity index (χ1) is 10.2. The van der Waals surface area contributed by atoms with Crippen molar-refractivity contribution in [2.24, 2.45) is 11.7 Å². The standard InChI is InChI=1S/C16H19ClN2O2/c17-15-9-14(6-5-13(15)4-1-7-18)16(21)19-8-2-3-12(10-19)11-20/h5-6,9,12,20H,2-3,7-8,10-11,18H2. The lowest BCUT2D eigenvalue weighted by molar-refractivity contribution is 0.0620. The van der Waals surface area contributed by atoms with Gasteiger partial charge >= 0.3 is 0 Å². The third-order valence-electron chi connectivity index (χ3n) is 3.61. The first-order valence-corrected chi connectivity index (χ1v) is 7.42. The second-order valence-corrected chi connectivity index (χ2v) is 5.55. The quantitative estimate of drug-likeness (QED) is 0.814. The van der Waals surface area contributed by atoms with Crippen molar-refractivity contribution in [2.45, 2.75) is 12.8 Å². The van der Waals surface area contributed by atoms with E-state index in [0.717, 1.165) is 19.4 Å². The lowest BCUT2D eigenvalue weighted by Crippen LogP contribution is -2.40. The van der Waals surface area contributed by atoms with E-state index in [0.29, 0.717) is 22.7 Å². The number of aliphatic hydroxyl groups is 1. The van der Waals surface area contributed by atoms with Gasteiger partial charge in [-0.3, -0.25) is 4.79 Å². The van der Waals surface area contributed by atoms with Crippen LogP contribution >= 0.6 is 11.6 Å². The van der Waals surface area contributed by atoms with Gasteiger partial charge in [-0.1, -0.05) is 23.4 Å². The number of nitrogens with zero attached hydrogens (tertiary/aromatic N) is 1. The third kappa shape index (κ3) is 3.98. The van der Waals surface area contributed by atoms with Crippen LogP contribution in [0.15, 0.2) is 18.2 Å². The second kappa shape index (κ2) is 7.46. The SMILES string of the molecule is NCC#Cc1ccc(C(=O)N2CCCC(CO)C2)cc1Cl. The molecule has 1 aromatic rings. The number of aliphatic hydroxyl groups excluding tert-OH is 1. The fourth-order valence-corrected chi connectivity index (χ4v) is 2.70. The monoisotopic (exact) mass is 306 g/mol. The Morgan fingerprint density at radius 2 is 2.33 bits per heavy atom. The van der Waals surface area contributed by atoms with Gasteiger partial charge in [-0.2, -0.15) is 0 Å². The van der Waals surface area contributed by atoms with Crippen LogP contribution in [0.25, 0.3) is 0 Å². The van der Waals surface area contributed by atoms with Crippen molar-refractivity contribution in [1.29, 1.82) is 0 Å². The summed E-state index contributed by atoms with van der Waals surface area (Å²) in [5.41, 5.74) is 6.55. The molecule has 0 saturated carbocycles. The van der Waals surface area contributed by atoms with Crippen LogP contribution in [-0.4, -0.2) is 42.2 Å². The molecule has 5 heteroatoms. The Kier molecular flexibility index (Phi) is 5.63. The summed E-state index contributed by atoms with van der Waals surface area (Å²) in [5.74, 6) is 5.74. The Bertz CT molecular complexity index is 577. The molecule has 0 aromatic heterocycles. The molecule has 0 bridgehead atoms. The predicted molar refractivity (Wildman–Crippen MR) is 83.1 cm³/mol. The topological polar surface area (TPSA) is 66.6 Å². The van der Waals surface area contributed by atoms with E-state index in [9.17, 15) is 9.90 Å². The molecular formula is C16H19ClN2O2. The highest BCUT2D eigenvalue weighted by molar-refractivity contribution is 6.32. The fraction of sp³-hybridized carbons (Fsp3) is 0.438. The first kappa shape index (κ1) is 15.8. The maximum absolute atomic E-state index is 12.5. The molecule has 0 aliphatic carbocycles. The summed E-state index contributed by atoms with van der Waals surface area (Å²) in [4.78, 5) is 14.2. The van der Waals surface area contributed by atoms with Crippen LogP contribution in [0.3, 0.4) is 0 Å². The minimum Gasteiger partial charge on any atom is -0.396 e. The van der Waals surface area contributed by atoms with E-state index in [1.165, 1.54) is 0 Å². The molecule has 1 aliphatic rings. The van der Waals surface area contributed by atoms with Crippen LogP contribution in [0.5, 0.6) is 0 Å². The lowest BCUT2D eigenvalue weighted by atomic mass is 9.98. The zero-order valence-electron chi connectivity index (χ0n) is 11.8. The van der Waals surface area contributed by atoms with Gasteiger partial charge in [0, 0.05) is 30.8 Å². The molecule has 1 saturated heterocycles. The molecule has 1 heterocycles. The minimum absolute atomic E-state index is 0.0478. The van der Waals surface area contributed by atoms with E-state index in [1.807, 2.05) is 0 Å². The van der Waals surface area contributed by atoms with Gasteiger partial charge in [-0.15, -0.1) is 0 Å². The molecule has 1 aromatic carbocycles. The number of benzene rings is 1. The Balaban J connectivity index is 2.14. The second-order valence-electron chi connectivity index (χ2n) is 5.14. The van der Waals surface area contributed by atoms with Crippen LogP contribution in [0.1, 0.15) is 28.8 Å². The number of amides is 1. The van der Waals surface area contributed by atoms with Gasteiger partial charge in [0.05, 0.1) is 11.6 Å². The van der Waals surface area contributed by atoms with Gasteiger partial charge in [-0.25, -0.2) is 0 Å². The Morgan fingerprint density at radius 3 is 3.00 bits per heavy atom. The molecule has 0 spiro atoms. The molecule has 21 heavy (non-hydrogen) atoms. The van der Waals surface area contributed by atoms with Crippen LogP contribution in [-0.2, 0) is 0 Å². The van der Waals surface area contributed by atoms with Crippen LogP contribution in [0.4, 0.5) is 0 Å².